The average Bonchev–Trinajstić information content (AvgIpc) is 2.89. The van der Waals surface area contributed by atoms with Gasteiger partial charge in [-0.2, -0.15) is 0 Å². The van der Waals surface area contributed by atoms with Gasteiger partial charge in [0.05, 0.1) is 20.6 Å². The van der Waals surface area contributed by atoms with Crippen LogP contribution in [0.1, 0.15) is 30.4 Å². The van der Waals surface area contributed by atoms with Gasteiger partial charge in [0.1, 0.15) is 28.2 Å². The Morgan fingerprint density at radius 1 is 0.923 bits per heavy atom. The Morgan fingerprint density at radius 3 is 2.23 bits per heavy atom. The molecule has 1 aliphatic heterocycles. The smallest absolute Gasteiger partial charge is 0.312 e. The lowest BCUT2D eigenvalue weighted by molar-refractivity contribution is -0.135. The highest BCUT2D eigenvalue weighted by Gasteiger charge is 2.35. The largest absolute Gasteiger partial charge is 0.507 e. The molecule has 39 heavy (non-hydrogen) atoms. The quantitative estimate of drug-likeness (QED) is 0.193. The van der Waals surface area contributed by atoms with Gasteiger partial charge in [0, 0.05) is 36.1 Å². The van der Waals surface area contributed by atoms with Crippen LogP contribution in [0.4, 0.5) is 0 Å². The number of rotatable bonds is 5. The molecular weight excluding hydrogens is 512 g/mol. The Hall–Kier alpha value is -5.19. The fourth-order valence-electron chi connectivity index (χ4n) is 4.61. The minimum Gasteiger partial charge on any atom is -0.507 e. The third kappa shape index (κ3) is 4.43. The van der Waals surface area contributed by atoms with E-state index in [-0.39, 0.29) is 57.5 Å². The summed E-state index contributed by atoms with van der Waals surface area (Å²) < 4.78 is 27.6. The number of methoxy groups -OCH3 is 2. The minimum absolute atomic E-state index is 0.0166. The van der Waals surface area contributed by atoms with E-state index in [0.717, 1.165) is 6.07 Å². The summed E-state index contributed by atoms with van der Waals surface area (Å²) in [6.07, 6.45) is -0.167. The van der Waals surface area contributed by atoms with E-state index in [9.17, 15) is 29.7 Å². The summed E-state index contributed by atoms with van der Waals surface area (Å²) in [4.78, 5) is 37.4. The number of hydrogen-bond acceptors (Lipinski definition) is 11. The highest BCUT2D eigenvalue weighted by Crippen LogP contribution is 2.49. The lowest BCUT2D eigenvalue weighted by atomic mass is 9.84. The summed E-state index contributed by atoms with van der Waals surface area (Å²) in [5.41, 5.74) is 0.433. The van der Waals surface area contributed by atoms with Gasteiger partial charge >= 0.3 is 11.9 Å². The molecule has 0 spiro atoms. The van der Waals surface area contributed by atoms with E-state index in [1.165, 1.54) is 45.4 Å². The van der Waals surface area contributed by atoms with E-state index >= 15 is 0 Å². The predicted molar refractivity (Wildman–Crippen MR) is 136 cm³/mol. The van der Waals surface area contributed by atoms with Gasteiger partial charge in [-0.1, -0.05) is 0 Å². The summed E-state index contributed by atoms with van der Waals surface area (Å²) in [7, 11) is 2.75. The van der Waals surface area contributed by atoms with E-state index in [2.05, 4.69) is 0 Å². The second-order valence-electron chi connectivity index (χ2n) is 8.77. The fraction of sp³-hybridized carbons (Fsp3) is 0.179. The molecular formula is C28H22O11. The Morgan fingerprint density at radius 2 is 1.62 bits per heavy atom. The molecule has 0 fully saturated rings. The van der Waals surface area contributed by atoms with Crippen LogP contribution < -0.4 is 24.4 Å². The van der Waals surface area contributed by atoms with Crippen LogP contribution in [0.25, 0.3) is 22.3 Å². The van der Waals surface area contributed by atoms with Crippen molar-refractivity contribution in [1.82, 2.24) is 0 Å². The van der Waals surface area contributed by atoms with Crippen LogP contribution in [-0.4, -0.2) is 41.5 Å². The summed E-state index contributed by atoms with van der Waals surface area (Å²) in [6, 6.07) is 9.33. The number of carbonyl (C=O) groups is 2. The molecule has 0 radical (unpaired) electrons. The monoisotopic (exact) mass is 534 g/mol. The van der Waals surface area contributed by atoms with Crippen molar-refractivity contribution in [1.29, 1.82) is 0 Å². The van der Waals surface area contributed by atoms with Gasteiger partial charge in [-0.05, 0) is 35.9 Å². The Bertz CT molecular complexity index is 1690. The van der Waals surface area contributed by atoms with Crippen LogP contribution in [0.2, 0.25) is 0 Å². The minimum atomic E-state index is -0.759. The SMILES string of the molecule is COc1cc([C@H]2CC(=O)Oc3cc(O)c4c(=O)cc(-c5ccc(O)c(O)c5)oc4c32)cc(OC)c1OC(C)=O. The molecule has 11 nitrogen and oxygen atoms in total. The van der Waals surface area contributed by atoms with Crippen molar-refractivity contribution in [2.45, 2.75) is 19.3 Å². The van der Waals surface area contributed by atoms with E-state index in [0.29, 0.717) is 11.1 Å². The van der Waals surface area contributed by atoms with Crippen molar-refractivity contribution >= 4 is 22.9 Å². The standard InChI is InChI=1S/C28H22O11/c1-12(29)37-27-22(35-2)7-14(8-23(27)36-3)15-9-24(34)38-21-11-19(33)26-18(32)10-20(39-28(26)25(15)21)13-4-5-16(30)17(31)6-13/h4-8,10-11,15,30-31,33H,9H2,1-3H3/t15-/m1/s1. The van der Waals surface area contributed by atoms with Gasteiger partial charge < -0.3 is 38.7 Å². The number of phenolic OH excluding ortho intramolecular Hbond substituents is 3. The van der Waals surface area contributed by atoms with Crippen LogP contribution in [-0.2, 0) is 9.59 Å². The van der Waals surface area contributed by atoms with Crippen molar-refractivity contribution in [3.8, 4) is 51.6 Å². The Balaban J connectivity index is 1.79. The zero-order chi connectivity index (χ0) is 28.0. The molecule has 5 rings (SSSR count). The van der Waals surface area contributed by atoms with Crippen molar-refractivity contribution in [2.24, 2.45) is 0 Å². The van der Waals surface area contributed by atoms with E-state index in [1.54, 1.807) is 12.1 Å². The second kappa shape index (κ2) is 9.60. The zero-order valence-electron chi connectivity index (χ0n) is 20.9. The van der Waals surface area contributed by atoms with Crippen LogP contribution >= 0.6 is 0 Å². The predicted octanol–water partition coefficient (Wildman–Crippen LogP) is 3.96. The molecule has 11 heteroatoms. The van der Waals surface area contributed by atoms with E-state index in [1.807, 2.05) is 0 Å². The summed E-state index contributed by atoms with van der Waals surface area (Å²) >= 11 is 0. The molecule has 1 aliphatic rings. The average molecular weight is 534 g/mol. The molecule has 3 aromatic carbocycles. The first-order chi connectivity index (χ1) is 18.6. The number of carbonyl (C=O) groups excluding carboxylic acids is 2. The zero-order valence-corrected chi connectivity index (χ0v) is 20.9. The molecule has 0 amide bonds. The summed E-state index contributed by atoms with van der Waals surface area (Å²) in [5, 5.41) is 30.2. The van der Waals surface area contributed by atoms with Crippen molar-refractivity contribution < 1.29 is 48.3 Å². The first kappa shape index (κ1) is 25.5. The molecule has 0 aliphatic carbocycles. The van der Waals surface area contributed by atoms with Crippen molar-refractivity contribution in [3.63, 3.8) is 0 Å². The third-order valence-electron chi connectivity index (χ3n) is 6.32. The number of esters is 2. The maximum Gasteiger partial charge on any atom is 0.312 e. The number of fused-ring (bicyclic) bond motifs is 3. The highest BCUT2D eigenvalue weighted by molar-refractivity contribution is 5.93. The maximum atomic E-state index is 13.2. The van der Waals surface area contributed by atoms with Gasteiger partial charge in [0.25, 0.3) is 0 Å². The van der Waals surface area contributed by atoms with Crippen LogP contribution in [0, 0.1) is 0 Å². The second-order valence-corrected chi connectivity index (χ2v) is 8.77. The highest BCUT2D eigenvalue weighted by atomic mass is 16.6. The topological polar surface area (TPSA) is 162 Å². The van der Waals surface area contributed by atoms with Crippen molar-refractivity contribution in [2.75, 3.05) is 14.2 Å². The lowest BCUT2D eigenvalue weighted by Gasteiger charge is -2.27. The first-order valence-corrected chi connectivity index (χ1v) is 11.6. The first-order valence-electron chi connectivity index (χ1n) is 11.6. The maximum absolute atomic E-state index is 13.2. The summed E-state index contributed by atoms with van der Waals surface area (Å²) in [6.45, 7) is 1.23. The Kier molecular flexibility index (Phi) is 6.27. The molecule has 4 aromatic rings. The molecule has 0 saturated carbocycles. The number of phenols is 3. The molecule has 0 bridgehead atoms. The van der Waals surface area contributed by atoms with Crippen LogP contribution in [0.3, 0.4) is 0 Å². The van der Waals surface area contributed by atoms with E-state index < -0.39 is 34.8 Å². The number of hydrogen-bond donors (Lipinski definition) is 3. The molecule has 3 N–H and O–H groups in total. The third-order valence-corrected chi connectivity index (χ3v) is 6.32. The molecule has 1 aromatic heterocycles. The normalized spacial score (nSPS) is 14.4. The molecule has 200 valence electrons. The molecule has 0 unspecified atom stereocenters. The van der Waals surface area contributed by atoms with Crippen LogP contribution in [0.15, 0.2) is 51.7 Å². The fourth-order valence-corrected chi connectivity index (χ4v) is 4.61. The molecule has 2 heterocycles. The van der Waals surface area contributed by atoms with Gasteiger partial charge in [-0.3, -0.25) is 14.4 Å². The molecule has 0 saturated heterocycles. The number of ether oxygens (including phenoxy) is 4. The van der Waals surface area contributed by atoms with Gasteiger partial charge in [0.2, 0.25) is 5.75 Å². The van der Waals surface area contributed by atoms with Gasteiger partial charge in [-0.25, -0.2) is 0 Å². The number of benzene rings is 3. The van der Waals surface area contributed by atoms with Crippen molar-refractivity contribution in [3.05, 3.63) is 63.8 Å². The van der Waals surface area contributed by atoms with Gasteiger partial charge in [0.15, 0.2) is 28.4 Å². The number of aromatic hydroxyl groups is 3. The van der Waals surface area contributed by atoms with Crippen LogP contribution in [0.5, 0.6) is 40.2 Å². The van der Waals surface area contributed by atoms with Gasteiger partial charge in [-0.15, -0.1) is 0 Å². The van der Waals surface area contributed by atoms with E-state index in [4.69, 9.17) is 23.4 Å². The lowest BCUT2D eigenvalue weighted by Crippen LogP contribution is -2.22. The summed E-state index contributed by atoms with van der Waals surface area (Å²) in [5.74, 6) is -2.81. The Labute approximate surface area is 220 Å². The molecule has 1 atom stereocenters.